The van der Waals surface area contributed by atoms with Crippen LogP contribution in [-0.4, -0.2) is 28.4 Å². The molecule has 1 heterocycles. The molecule has 5 heteroatoms. The molecule has 0 atom stereocenters. The molecular formula is C12H21N3O2. The summed E-state index contributed by atoms with van der Waals surface area (Å²) in [6, 6.07) is 0. The van der Waals surface area contributed by atoms with Gasteiger partial charge in [0.2, 0.25) is 5.91 Å². The quantitative estimate of drug-likeness (QED) is 0.806. The van der Waals surface area contributed by atoms with Crippen LogP contribution in [0.3, 0.4) is 0 Å². The van der Waals surface area contributed by atoms with Gasteiger partial charge in [-0.1, -0.05) is 6.92 Å². The van der Waals surface area contributed by atoms with Crippen molar-refractivity contribution in [1.82, 2.24) is 15.1 Å². The zero-order chi connectivity index (χ0) is 12.8. The molecule has 0 saturated carbocycles. The second kappa shape index (κ2) is 6.39. The zero-order valence-corrected chi connectivity index (χ0v) is 11.0. The highest BCUT2D eigenvalue weighted by atomic mass is 16.5. The molecule has 0 aliphatic rings. The van der Waals surface area contributed by atoms with Gasteiger partial charge in [-0.3, -0.25) is 9.48 Å². The third-order valence-corrected chi connectivity index (χ3v) is 2.35. The van der Waals surface area contributed by atoms with Crippen LogP contribution in [0.25, 0.3) is 0 Å². The summed E-state index contributed by atoms with van der Waals surface area (Å²) in [5.41, 5.74) is 2.09. The van der Waals surface area contributed by atoms with E-state index >= 15 is 0 Å². The summed E-state index contributed by atoms with van der Waals surface area (Å²) in [7, 11) is 1.88. The molecule has 1 aromatic rings. The standard InChI is InChI=1S/C12H21N3O2/c1-5-11-10(7-15(4)14-11)6-13-12(16)8-17-9(2)3/h7,9H,5-6,8H2,1-4H3,(H,13,16). The maximum Gasteiger partial charge on any atom is 0.246 e. The molecule has 0 aliphatic heterocycles. The van der Waals surface area contributed by atoms with Crippen LogP contribution in [0.15, 0.2) is 6.20 Å². The number of hydrogen-bond acceptors (Lipinski definition) is 3. The lowest BCUT2D eigenvalue weighted by atomic mass is 10.2. The van der Waals surface area contributed by atoms with Crippen LogP contribution < -0.4 is 5.32 Å². The first kappa shape index (κ1) is 13.7. The minimum atomic E-state index is -0.0930. The van der Waals surface area contributed by atoms with Crippen molar-refractivity contribution in [3.8, 4) is 0 Å². The molecule has 0 aromatic carbocycles. The Morgan fingerprint density at radius 3 is 2.88 bits per heavy atom. The van der Waals surface area contributed by atoms with Crippen molar-refractivity contribution in [3.63, 3.8) is 0 Å². The second-order valence-corrected chi connectivity index (χ2v) is 4.26. The fourth-order valence-corrected chi connectivity index (χ4v) is 1.52. The SMILES string of the molecule is CCc1nn(C)cc1CNC(=O)COC(C)C. The fraction of sp³-hybridized carbons (Fsp3) is 0.667. The third-order valence-electron chi connectivity index (χ3n) is 2.35. The lowest BCUT2D eigenvalue weighted by molar-refractivity contribution is -0.127. The van der Waals surface area contributed by atoms with Crippen LogP contribution >= 0.6 is 0 Å². The van der Waals surface area contributed by atoms with E-state index in [1.807, 2.05) is 27.1 Å². The highest BCUT2D eigenvalue weighted by Gasteiger charge is 2.08. The molecule has 1 amide bonds. The van der Waals surface area contributed by atoms with Crippen molar-refractivity contribution >= 4 is 5.91 Å². The first-order valence-electron chi connectivity index (χ1n) is 5.92. The van der Waals surface area contributed by atoms with E-state index in [4.69, 9.17) is 4.74 Å². The smallest absolute Gasteiger partial charge is 0.246 e. The van der Waals surface area contributed by atoms with Crippen molar-refractivity contribution in [3.05, 3.63) is 17.5 Å². The number of amides is 1. The third kappa shape index (κ3) is 4.56. The maximum absolute atomic E-state index is 11.5. The van der Waals surface area contributed by atoms with Gasteiger partial charge < -0.3 is 10.1 Å². The molecule has 96 valence electrons. The van der Waals surface area contributed by atoms with Gasteiger partial charge in [0.1, 0.15) is 6.61 Å². The second-order valence-electron chi connectivity index (χ2n) is 4.26. The predicted molar refractivity (Wildman–Crippen MR) is 65.5 cm³/mol. The first-order chi connectivity index (χ1) is 8.02. The fourth-order valence-electron chi connectivity index (χ4n) is 1.52. The highest BCUT2D eigenvalue weighted by Crippen LogP contribution is 2.06. The van der Waals surface area contributed by atoms with Gasteiger partial charge in [0.05, 0.1) is 11.8 Å². The lowest BCUT2D eigenvalue weighted by Gasteiger charge is -2.08. The van der Waals surface area contributed by atoms with Gasteiger partial charge >= 0.3 is 0 Å². The summed E-state index contributed by atoms with van der Waals surface area (Å²) in [5.74, 6) is -0.0930. The van der Waals surface area contributed by atoms with Crippen LogP contribution in [0.1, 0.15) is 32.0 Å². The van der Waals surface area contributed by atoms with Crippen LogP contribution in [0, 0.1) is 0 Å². The number of nitrogens with one attached hydrogen (secondary N) is 1. The minimum absolute atomic E-state index is 0.0744. The molecule has 0 spiro atoms. The summed E-state index contributed by atoms with van der Waals surface area (Å²) in [5, 5.41) is 7.14. The normalized spacial score (nSPS) is 10.9. The maximum atomic E-state index is 11.5. The van der Waals surface area contributed by atoms with E-state index in [9.17, 15) is 4.79 Å². The summed E-state index contributed by atoms with van der Waals surface area (Å²) in [6.07, 6.45) is 2.88. The van der Waals surface area contributed by atoms with E-state index in [0.29, 0.717) is 6.54 Å². The van der Waals surface area contributed by atoms with E-state index in [0.717, 1.165) is 17.7 Å². The van der Waals surface area contributed by atoms with Gasteiger partial charge in [-0.2, -0.15) is 5.10 Å². The van der Waals surface area contributed by atoms with E-state index in [1.165, 1.54) is 0 Å². The lowest BCUT2D eigenvalue weighted by Crippen LogP contribution is -2.28. The van der Waals surface area contributed by atoms with Gasteiger partial charge in [-0.25, -0.2) is 0 Å². The van der Waals surface area contributed by atoms with Crippen molar-refractivity contribution in [2.24, 2.45) is 7.05 Å². The summed E-state index contributed by atoms with van der Waals surface area (Å²) in [4.78, 5) is 11.5. The Balaban J connectivity index is 2.41. The Hall–Kier alpha value is -1.36. The molecular weight excluding hydrogens is 218 g/mol. The van der Waals surface area contributed by atoms with Crippen LogP contribution in [-0.2, 0) is 29.5 Å². The minimum Gasteiger partial charge on any atom is -0.369 e. The van der Waals surface area contributed by atoms with Crippen molar-refractivity contribution in [1.29, 1.82) is 0 Å². The van der Waals surface area contributed by atoms with Gasteiger partial charge in [0, 0.05) is 25.4 Å². The Morgan fingerprint density at radius 1 is 1.59 bits per heavy atom. The molecule has 0 fully saturated rings. The topological polar surface area (TPSA) is 56.2 Å². The van der Waals surface area contributed by atoms with Crippen LogP contribution in [0.2, 0.25) is 0 Å². The number of carbonyl (C=O) groups excluding carboxylic acids is 1. The predicted octanol–water partition coefficient (Wildman–Crippen LogP) is 1.02. The highest BCUT2D eigenvalue weighted by molar-refractivity contribution is 5.77. The number of hydrogen-bond donors (Lipinski definition) is 1. The van der Waals surface area contributed by atoms with Gasteiger partial charge in [-0.15, -0.1) is 0 Å². The van der Waals surface area contributed by atoms with Crippen LogP contribution in [0.5, 0.6) is 0 Å². The Morgan fingerprint density at radius 2 is 2.29 bits per heavy atom. The number of rotatable bonds is 6. The molecule has 0 aliphatic carbocycles. The number of aryl methyl sites for hydroxylation is 2. The van der Waals surface area contributed by atoms with Gasteiger partial charge in [0.15, 0.2) is 0 Å². The Bertz CT molecular complexity index is 372. The molecule has 0 unspecified atom stereocenters. The monoisotopic (exact) mass is 239 g/mol. The van der Waals surface area contributed by atoms with Crippen molar-refractivity contribution < 1.29 is 9.53 Å². The Labute approximate surface area is 102 Å². The number of aromatic nitrogens is 2. The molecule has 0 bridgehead atoms. The molecule has 5 nitrogen and oxygen atoms in total. The van der Waals surface area contributed by atoms with Crippen molar-refractivity contribution in [2.75, 3.05) is 6.61 Å². The molecule has 1 rings (SSSR count). The Kier molecular flexibility index (Phi) is 5.15. The first-order valence-corrected chi connectivity index (χ1v) is 5.92. The number of carbonyl (C=O) groups is 1. The molecule has 0 saturated heterocycles. The average molecular weight is 239 g/mol. The average Bonchev–Trinajstić information content (AvgIpc) is 2.64. The zero-order valence-electron chi connectivity index (χ0n) is 11.0. The van der Waals surface area contributed by atoms with Gasteiger partial charge in [0.25, 0.3) is 0 Å². The van der Waals surface area contributed by atoms with Gasteiger partial charge in [-0.05, 0) is 20.3 Å². The number of ether oxygens (including phenoxy) is 1. The van der Waals surface area contributed by atoms with Crippen molar-refractivity contribution in [2.45, 2.75) is 39.8 Å². The summed E-state index contributed by atoms with van der Waals surface area (Å²) < 4.78 is 6.99. The number of nitrogens with zero attached hydrogens (tertiary/aromatic N) is 2. The molecule has 0 radical (unpaired) electrons. The van der Waals surface area contributed by atoms with E-state index in [1.54, 1.807) is 4.68 Å². The van der Waals surface area contributed by atoms with E-state index < -0.39 is 0 Å². The molecule has 1 N–H and O–H groups in total. The van der Waals surface area contributed by atoms with E-state index in [2.05, 4.69) is 17.3 Å². The molecule has 17 heavy (non-hydrogen) atoms. The summed E-state index contributed by atoms with van der Waals surface area (Å²) in [6.45, 7) is 6.49. The largest absolute Gasteiger partial charge is 0.369 e. The van der Waals surface area contributed by atoms with E-state index in [-0.39, 0.29) is 18.6 Å². The summed E-state index contributed by atoms with van der Waals surface area (Å²) >= 11 is 0. The molecule has 1 aromatic heterocycles. The van der Waals surface area contributed by atoms with Crippen LogP contribution in [0.4, 0.5) is 0 Å².